The highest BCUT2D eigenvalue weighted by atomic mass is 32.2. The molecule has 1 aliphatic carbocycles. The summed E-state index contributed by atoms with van der Waals surface area (Å²) in [4.78, 5) is 0. The third-order valence-corrected chi connectivity index (χ3v) is 5.93. The van der Waals surface area contributed by atoms with Gasteiger partial charge in [0.1, 0.15) is 0 Å². The van der Waals surface area contributed by atoms with Gasteiger partial charge in [-0.2, -0.15) is 0 Å². The molecular weight excluding hydrogens is 260 g/mol. The molecule has 5 heteroatoms. The Morgan fingerprint density at radius 2 is 1.95 bits per heavy atom. The van der Waals surface area contributed by atoms with E-state index in [1.165, 1.54) is 19.3 Å². The van der Waals surface area contributed by atoms with Crippen LogP contribution in [0.3, 0.4) is 0 Å². The third kappa shape index (κ3) is 5.04. The first-order chi connectivity index (χ1) is 8.97. The van der Waals surface area contributed by atoms with E-state index in [1.54, 1.807) is 4.31 Å². The van der Waals surface area contributed by atoms with Gasteiger partial charge in [-0.1, -0.05) is 13.8 Å². The fourth-order valence-corrected chi connectivity index (χ4v) is 4.43. The van der Waals surface area contributed by atoms with Gasteiger partial charge in [-0.25, -0.2) is 12.7 Å². The van der Waals surface area contributed by atoms with Gasteiger partial charge in [0.25, 0.3) is 0 Å². The van der Waals surface area contributed by atoms with E-state index < -0.39 is 10.0 Å². The Balaban J connectivity index is 1.93. The number of nitrogens with one attached hydrogen (secondary N) is 1. The van der Waals surface area contributed by atoms with Crippen molar-refractivity contribution < 1.29 is 8.42 Å². The fraction of sp³-hybridized carbons (Fsp3) is 1.00. The Labute approximate surface area is 118 Å². The summed E-state index contributed by atoms with van der Waals surface area (Å²) in [6, 6.07) is 0.368. The van der Waals surface area contributed by atoms with Gasteiger partial charge in [0.15, 0.2) is 0 Å². The van der Waals surface area contributed by atoms with Crippen molar-refractivity contribution in [2.75, 3.05) is 25.4 Å². The molecule has 0 amide bonds. The predicted molar refractivity (Wildman–Crippen MR) is 78.6 cm³/mol. The third-order valence-electron chi connectivity index (χ3n) is 4.09. The zero-order valence-electron chi connectivity index (χ0n) is 12.3. The van der Waals surface area contributed by atoms with E-state index in [2.05, 4.69) is 19.2 Å². The predicted octanol–water partition coefficient (Wildman–Crippen LogP) is 1.83. The van der Waals surface area contributed by atoms with Crippen molar-refractivity contribution in [1.82, 2.24) is 9.62 Å². The van der Waals surface area contributed by atoms with Crippen molar-refractivity contribution in [3.8, 4) is 0 Å². The zero-order valence-corrected chi connectivity index (χ0v) is 13.1. The second-order valence-electron chi connectivity index (χ2n) is 6.55. The number of rotatable bonds is 8. The average molecular weight is 288 g/mol. The van der Waals surface area contributed by atoms with Crippen molar-refractivity contribution in [3.05, 3.63) is 0 Å². The molecule has 1 atom stereocenters. The standard InChI is InChI=1S/C14H28N2O2S/c1-12(2)7-9-19(17,18)16(10-13-5-6-13)11-14-4-3-8-15-14/h12-15H,3-11H2,1-2H3. The van der Waals surface area contributed by atoms with Gasteiger partial charge in [-0.15, -0.1) is 0 Å². The molecule has 2 rings (SSSR count). The Morgan fingerprint density at radius 3 is 2.47 bits per heavy atom. The topological polar surface area (TPSA) is 49.4 Å². The summed E-state index contributed by atoms with van der Waals surface area (Å²) in [6.45, 7) is 6.63. The van der Waals surface area contributed by atoms with E-state index in [-0.39, 0.29) is 0 Å². The normalized spacial score (nSPS) is 24.5. The number of sulfonamides is 1. The summed E-state index contributed by atoms with van der Waals surface area (Å²) in [7, 11) is -3.07. The van der Waals surface area contributed by atoms with Gasteiger partial charge >= 0.3 is 0 Å². The summed E-state index contributed by atoms with van der Waals surface area (Å²) >= 11 is 0. The first kappa shape index (κ1) is 15.3. The molecule has 1 saturated carbocycles. The Bertz CT molecular complexity index is 371. The minimum absolute atomic E-state index is 0.310. The lowest BCUT2D eigenvalue weighted by atomic mass is 10.2. The van der Waals surface area contributed by atoms with Gasteiger partial charge < -0.3 is 5.32 Å². The summed E-state index contributed by atoms with van der Waals surface area (Å²) < 4.78 is 26.7. The minimum Gasteiger partial charge on any atom is -0.313 e. The molecule has 112 valence electrons. The minimum atomic E-state index is -3.07. The van der Waals surface area contributed by atoms with Crippen LogP contribution in [0.15, 0.2) is 0 Å². The van der Waals surface area contributed by atoms with Crippen LogP contribution in [0.4, 0.5) is 0 Å². The van der Waals surface area contributed by atoms with Gasteiger partial charge in [-0.3, -0.25) is 0 Å². The molecule has 4 nitrogen and oxygen atoms in total. The SMILES string of the molecule is CC(C)CCS(=O)(=O)N(CC1CC1)CC1CCCN1. The van der Waals surface area contributed by atoms with E-state index in [0.29, 0.717) is 30.2 Å². The average Bonchev–Trinajstić information content (AvgIpc) is 3.00. The van der Waals surface area contributed by atoms with Crippen LogP contribution in [0, 0.1) is 11.8 Å². The summed E-state index contributed by atoms with van der Waals surface area (Å²) in [6.07, 6.45) is 5.46. The molecular formula is C14H28N2O2S. The maximum absolute atomic E-state index is 12.5. The van der Waals surface area contributed by atoms with Crippen LogP contribution in [-0.2, 0) is 10.0 Å². The molecule has 1 heterocycles. The van der Waals surface area contributed by atoms with Crippen molar-refractivity contribution in [2.45, 2.75) is 52.0 Å². The van der Waals surface area contributed by atoms with Crippen molar-refractivity contribution in [3.63, 3.8) is 0 Å². The Kier molecular flexibility index (Phi) is 5.26. The van der Waals surface area contributed by atoms with Gasteiger partial charge in [0.05, 0.1) is 5.75 Å². The van der Waals surface area contributed by atoms with E-state index >= 15 is 0 Å². The molecule has 2 fully saturated rings. The summed E-state index contributed by atoms with van der Waals surface area (Å²) in [5.74, 6) is 1.38. The maximum Gasteiger partial charge on any atom is 0.214 e. The molecule has 0 spiro atoms. The molecule has 1 N–H and O–H groups in total. The van der Waals surface area contributed by atoms with Crippen LogP contribution in [-0.4, -0.2) is 44.2 Å². The molecule has 1 unspecified atom stereocenters. The highest BCUT2D eigenvalue weighted by molar-refractivity contribution is 7.89. The smallest absolute Gasteiger partial charge is 0.214 e. The van der Waals surface area contributed by atoms with Gasteiger partial charge in [0.2, 0.25) is 10.0 Å². The molecule has 0 aromatic heterocycles. The van der Waals surface area contributed by atoms with Crippen molar-refractivity contribution in [2.24, 2.45) is 11.8 Å². The quantitative estimate of drug-likeness (QED) is 0.741. The van der Waals surface area contributed by atoms with E-state index in [4.69, 9.17) is 0 Å². The Hall–Kier alpha value is -0.130. The van der Waals surface area contributed by atoms with Crippen molar-refractivity contribution in [1.29, 1.82) is 0 Å². The molecule has 0 radical (unpaired) electrons. The lowest BCUT2D eigenvalue weighted by Gasteiger charge is -2.25. The van der Waals surface area contributed by atoms with E-state index in [9.17, 15) is 8.42 Å². The molecule has 0 bridgehead atoms. The zero-order chi connectivity index (χ0) is 13.9. The van der Waals surface area contributed by atoms with Crippen LogP contribution < -0.4 is 5.32 Å². The largest absolute Gasteiger partial charge is 0.313 e. The monoisotopic (exact) mass is 288 g/mol. The first-order valence-corrected chi connectivity index (χ1v) is 9.29. The van der Waals surface area contributed by atoms with Gasteiger partial charge in [-0.05, 0) is 50.5 Å². The highest BCUT2D eigenvalue weighted by Gasteiger charge is 2.32. The second kappa shape index (κ2) is 6.55. The molecule has 0 aromatic rings. The van der Waals surface area contributed by atoms with Crippen LogP contribution in [0.2, 0.25) is 0 Å². The molecule has 0 aromatic carbocycles. The molecule has 1 aliphatic heterocycles. The van der Waals surface area contributed by atoms with Crippen LogP contribution in [0.25, 0.3) is 0 Å². The summed E-state index contributed by atoms with van der Waals surface area (Å²) in [5, 5.41) is 3.41. The van der Waals surface area contributed by atoms with E-state index in [1.807, 2.05) is 0 Å². The highest BCUT2D eigenvalue weighted by Crippen LogP contribution is 2.31. The van der Waals surface area contributed by atoms with Crippen molar-refractivity contribution >= 4 is 10.0 Å². The molecule has 1 saturated heterocycles. The first-order valence-electron chi connectivity index (χ1n) is 7.68. The van der Waals surface area contributed by atoms with Gasteiger partial charge in [0, 0.05) is 19.1 Å². The number of hydrogen-bond acceptors (Lipinski definition) is 3. The maximum atomic E-state index is 12.5. The molecule has 19 heavy (non-hydrogen) atoms. The number of hydrogen-bond donors (Lipinski definition) is 1. The van der Waals surface area contributed by atoms with E-state index in [0.717, 1.165) is 25.9 Å². The lowest BCUT2D eigenvalue weighted by molar-refractivity contribution is 0.357. The van der Waals surface area contributed by atoms with Crippen LogP contribution >= 0.6 is 0 Å². The molecule has 2 aliphatic rings. The Morgan fingerprint density at radius 1 is 1.21 bits per heavy atom. The fourth-order valence-electron chi connectivity index (χ4n) is 2.56. The number of nitrogens with zero attached hydrogens (tertiary/aromatic N) is 1. The second-order valence-corrected chi connectivity index (χ2v) is 8.64. The van der Waals surface area contributed by atoms with Crippen LogP contribution in [0.5, 0.6) is 0 Å². The lowest BCUT2D eigenvalue weighted by Crippen LogP contribution is -2.43. The summed E-state index contributed by atoms with van der Waals surface area (Å²) in [5.41, 5.74) is 0. The van der Waals surface area contributed by atoms with Crippen LogP contribution in [0.1, 0.15) is 46.0 Å².